The first-order chi connectivity index (χ1) is 22.7. The van der Waals surface area contributed by atoms with E-state index in [2.05, 4.69) is 12.2 Å². The molecule has 10 heteroatoms. The second kappa shape index (κ2) is 15.9. The summed E-state index contributed by atoms with van der Waals surface area (Å²) in [4.78, 5) is 35.3. The molecule has 5 rings (SSSR count). The quantitative estimate of drug-likeness (QED) is 0.117. The van der Waals surface area contributed by atoms with Crippen LogP contribution in [0.4, 0.5) is 0 Å². The Balaban J connectivity index is 1.38. The van der Waals surface area contributed by atoms with Gasteiger partial charge in [-0.1, -0.05) is 79.7 Å². The summed E-state index contributed by atoms with van der Waals surface area (Å²) in [5.41, 5.74) is 5.56. The van der Waals surface area contributed by atoms with Crippen LogP contribution >= 0.6 is 11.8 Å². The van der Waals surface area contributed by atoms with E-state index in [4.69, 9.17) is 14.6 Å². The number of aliphatic carboxylic acids is 1. The molecule has 1 aliphatic rings. The summed E-state index contributed by atoms with van der Waals surface area (Å²) < 4.78 is 13.2. The maximum Gasteiger partial charge on any atom is 0.336 e. The van der Waals surface area contributed by atoms with Crippen LogP contribution < -0.4 is 5.32 Å². The van der Waals surface area contributed by atoms with Crippen LogP contribution in [0.1, 0.15) is 64.8 Å². The lowest BCUT2D eigenvalue weighted by atomic mass is 9.91. The Bertz CT molecular complexity index is 1710. The fourth-order valence-electron chi connectivity index (χ4n) is 5.49. The van der Waals surface area contributed by atoms with Gasteiger partial charge in [-0.25, -0.2) is 4.79 Å². The molecule has 0 saturated carbocycles. The fourth-order valence-corrected chi connectivity index (χ4v) is 6.70. The van der Waals surface area contributed by atoms with Crippen molar-refractivity contribution in [3.8, 4) is 11.1 Å². The van der Waals surface area contributed by atoms with E-state index >= 15 is 0 Å². The van der Waals surface area contributed by atoms with Gasteiger partial charge in [0.15, 0.2) is 6.29 Å². The van der Waals surface area contributed by atoms with Crippen LogP contribution in [-0.2, 0) is 32.2 Å². The first kappa shape index (κ1) is 33.9. The van der Waals surface area contributed by atoms with Crippen molar-refractivity contribution < 1.29 is 39.2 Å². The van der Waals surface area contributed by atoms with Crippen LogP contribution in [0.25, 0.3) is 11.1 Å². The van der Waals surface area contributed by atoms with Crippen LogP contribution in [0, 0.1) is 5.92 Å². The summed E-state index contributed by atoms with van der Waals surface area (Å²) in [6.45, 7) is 2.29. The normalized spacial score (nSPS) is 19.2. The number of hydrogen-bond acceptors (Lipinski definition) is 7. The molecule has 0 aromatic heterocycles. The van der Waals surface area contributed by atoms with Crippen molar-refractivity contribution in [2.75, 3.05) is 5.75 Å². The third-order valence-corrected chi connectivity index (χ3v) is 9.28. The molecule has 1 saturated heterocycles. The van der Waals surface area contributed by atoms with Crippen molar-refractivity contribution in [2.24, 2.45) is 5.92 Å². The molecule has 4 aromatic rings. The number of ether oxygens (including phenoxy) is 2. The molecule has 4 N–H and O–H groups in total. The van der Waals surface area contributed by atoms with Crippen molar-refractivity contribution in [1.82, 2.24) is 5.32 Å². The van der Waals surface area contributed by atoms with Gasteiger partial charge in [0.2, 0.25) is 5.91 Å². The first-order valence-corrected chi connectivity index (χ1v) is 16.3. The van der Waals surface area contributed by atoms with Crippen LogP contribution in [0.15, 0.2) is 102 Å². The smallest absolute Gasteiger partial charge is 0.336 e. The summed E-state index contributed by atoms with van der Waals surface area (Å²) >= 11 is 1.45. The van der Waals surface area contributed by atoms with Crippen LogP contribution in [0.2, 0.25) is 0 Å². The van der Waals surface area contributed by atoms with Gasteiger partial charge < -0.3 is 30.1 Å². The zero-order valence-corrected chi connectivity index (χ0v) is 26.7. The third-order valence-electron chi connectivity index (χ3n) is 8.12. The van der Waals surface area contributed by atoms with Crippen molar-refractivity contribution in [2.45, 2.75) is 56.3 Å². The van der Waals surface area contributed by atoms with Crippen molar-refractivity contribution in [3.63, 3.8) is 0 Å². The molecule has 1 amide bonds. The molecule has 0 aliphatic carbocycles. The molecule has 4 unspecified atom stereocenters. The van der Waals surface area contributed by atoms with Gasteiger partial charge in [-0.3, -0.25) is 9.59 Å². The van der Waals surface area contributed by atoms with Gasteiger partial charge >= 0.3 is 11.9 Å². The number of rotatable bonds is 13. The number of carbonyl (C=O) groups excluding carboxylic acids is 1. The fraction of sp³-hybridized carbons (Fsp3) is 0.270. The highest BCUT2D eigenvalue weighted by Gasteiger charge is 2.38. The number of thioether (sulfide) groups is 1. The minimum atomic E-state index is -1.01. The number of aliphatic hydroxyl groups is 1. The zero-order valence-electron chi connectivity index (χ0n) is 25.9. The number of carbonyl (C=O) groups is 3. The Morgan fingerprint density at radius 3 is 2.23 bits per heavy atom. The van der Waals surface area contributed by atoms with E-state index in [1.807, 2.05) is 78.9 Å². The average Bonchev–Trinajstić information content (AvgIpc) is 3.09. The Kier molecular flexibility index (Phi) is 11.4. The van der Waals surface area contributed by atoms with Gasteiger partial charge in [0, 0.05) is 35.1 Å². The van der Waals surface area contributed by atoms with E-state index in [-0.39, 0.29) is 55.6 Å². The topological polar surface area (TPSA) is 142 Å². The van der Waals surface area contributed by atoms with E-state index in [1.165, 1.54) is 11.8 Å². The SMILES string of the molecule is CC1C(CSc2ccccc2C(=O)O)OC(c2cccc(-c3cccc(CNC(=O)CCC(=O)O)c3)c2)OC1c1ccc(CO)cc1. The number of nitrogens with one attached hydrogen (secondary N) is 1. The number of amides is 1. The molecule has 0 spiro atoms. The van der Waals surface area contributed by atoms with Crippen molar-refractivity contribution in [1.29, 1.82) is 0 Å². The van der Waals surface area contributed by atoms with Gasteiger partial charge in [-0.15, -0.1) is 11.8 Å². The Morgan fingerprint density at radius 2 is 1.51 bits per heavy atom. The monoisotopic (exact) mass is 655 g/mol. The minimum absolute atomic E-state index is 0.0551. The molecular weight excluding hydrogens is 618 g/mol. The largest absolute Gasteiger partial charge is 0.481 e. The lowest BCUT2D eigenvalue weighted by molar-refractivity contribution is -0.268. The molecule has 9 nitrogen and oxygen atoms in total. The van der Waals surface area contributed by atoms with Crippen molar-refractivity contribution >= 4 is 29.6 Å². The van der Waals surface area contributed by atoms with Gasteiger partial charge in [-0.2, -0.15) is 0 Å². The number of aliphatic hydroxyl groups excluding tert-OH is 1. The highest BCUT2D eigenvalue weighted by Crippen LogP contribution is 2.43. The third kappa shape index (κ3) is 8.87. The van der Waals surface area contributed by atoms with Crippen LogP contribution in [0.3, 0.4) is 0 Å². The molecule has 1 fully saturated rings. The van der Waals surface area contributed by atoms with Crippen LogP contribution in [-0.4, -0.2) is 45.0 Å². The lowest BCUT2D eigenvalue weighted by Gasteiger charge is -2.41. The number of benzene rings is 4. The second-order valence-electron chi connectivity index (χ2n) is 11.4. The Labute approximate surface area is 277 Å². The Hall–Kier alpha value is -4.48. The predicted molar refractivity (Wildman–Crippen MR) is 178 cm³/mol. The van der Waals surface area contributed by atoms with E-state index < -0.39 is 18.2 Å². The molecule has 0 radical (unpaired) electrons. The van der Waals surface area contributed by atoms with E-state index in [1.54, 1.807) is 18.2 Å². The molecule has 1 heterocycles. The maximum absolute atomic E-state index is 12.0. The average molecular weight is 656 g/mol. The molecule has 244 valence electrons. The molecule has 1 aliphatic heterocycles. The van der Waals surface area contributed by atoms with E-state index in [0.717, 1.165) is 33.4 Å². The summed E-state index contributed by atoms with van der Waals surface area (Å²) in [6.07, 6.45) is -1.59. The summed E-state index contributed by atoms with van der Waals surface area (Å²) in [6, 6.07) is 30.3. The molecule has 4 aromatic carbocycles. The Morgan fingerprint density at radius 1 is 0.787 bits per heavy atom. The van der Waals surface area contributed by atoms with E-state index in [0.29, 0.717) is 10.6 Å². The summed E-state index contributed by atoms with van der Waals surface area (Å²) in [5, 5.41) is 30.8. The number of carboxylic acids is 2. The second-order valence-corrected chi connectivity index (χ2v) is 12.5. The number of carboxylic acid groups (broad SMARTS) is 2. The first-order valence-electron chi connectivity index (χ1n) is 15.4. The summed E-state index contributed by atoms with van der Waals surface area (Å²) in [7, 11) is 0. The summed E-state index contributed by atoms with van der Waals surface area (Å²) in [5.74, 6) is -1.87. The van der Waals surface area contributed by atoms with Crippen molar-refractivity contribution in [3.05, 3.63) is 125 Å². The van der Waals surface area contributed by atoms with Gasteiger partial charge in [-0.05, 0) is 52.1 Å². The maximum atomic E-state index is 12.0. The van der Waals surface area contributed by atoms with Gasteiger partial charge in [0.1, 0.15) is 0 Å². The van der Waals surface area contributed by atoms with Gasteiger partial charge in [0.25, 0.3) is 0 Å². The van der Waals surface area contributed by atoms with Gasteiger partial charge in [0.05, 0.1) is 30.8 Å². The lowest BCUT2D eigenvalue weighted by Crippen LogP contribution is -2.38. The minimum Gasteiger partial charge on any atom is -0.481 e. The molecular formula is C37H37NO8S. The van der Waals surface area contributed by atoms with Crippen LogP contribution in [0.5, 0.6) is 0 Å². The predicted octanol–water partition coefficient (Wildman–Crippen LogP) is 6.61. The number of aromatic carboxylic acids is 1. The molecule has 0 bridgehead atoms. The molecule has 4 atom stereocenters. The highest BCUT2D eigenvalue weighted by molar-refractivity contribution is 7.99. The van der Waals surface area contributed by atoms with E-state index in [9.17, 15) is 24.6 Å². The standard InChI is InChI=1S/C37H37NO8S/c1-23-31(22-47-32-11-3-2-10-30(32)36(43)44)45-37(46-35(23)26-14-12-24(21-39)13-15-26)29-9-5-8-28(19-29)27-7-4-6-25(18-27)20-38-33(40)16-17-34(41)42/h2-15,18-19,23,31,35,37,39H,16-17,20-22H2,1H3,(H,38,40)(H,41,42)(H,43,44). The zero-order chi connectivity index (χ0) is 33.3. The highest BCUT2D eigenvalue weighted by atomic mass is 32.2. The molecule has 47 heavy (non-hydrogen) atoms. The number of hydrogen-bond donors (Lipinski definition) is 4.